The van der Waals surface area contributed by atoms with Crippen LogP contribution in [0.2, 0.25) is 0 Å². The first-order valence-corrected chi connectivity index (χ1v) is 9.03. The van der Waals surface area contributed by atoms with Crippen LogP contribution < -0.4 is 0 Å². The van der Waals surface area contributed by atoms with Crippen LogP contribution in [0.25, 0.3) is 0 Å². The molecule has 7 heteroatoms. The van der Waals surface area contributed by atoms with Gasteiger partial charge in [0.25, 0.3) is 5.91 Å². The lowest BCUT2D eigenvalue weighted by Gasteiger charge is -2.39. The van der Waals surface area contributed by atoms with Gasteiger partial charge in [-0.25, -0.2) is 4.79 Å². The molecule has 1 heterocycles. The van der Waals surface area contributed by atoms with Gasteiger partial charge >= 0.3 is 12.1 Å². The Bertz CT molecular complexity index is 742. The summed E-state index contributed by atoms with van der Waals surface area (Å²) >= 11 is 0. The zero-order chi connectivity index (χ0) is 20.0. The van der Waals surface area contributed by atoms with Gasteiger partial charge in [-0.3, -0.25) is 4.79 Å². The monoisotopic (exact) mass is 383 g/mol. The molecular weight excluding hydrogens is 359 g/mol. The zero-order valence-electron chi connectivity index (χ0n) is 15.7. The summed E-state index contributed by atoms with van der Waals surface area (Å²) in [6.45, 7) is 6.85. The number of hydrogen-bond donors (Lipinski definition) is 0. The van der Waals surface area contributed by atoms with E-state index < -0.39 is 24.3 Å². The van der Waals surface area contributed by atoms with Gasteiger partial charge in [0.05, 0.1) is 11.1 Å². The molecule has 1 aliphatic carbocycles. The van der Waals surface area contributed by atoms with Gasteiger partial charge in [-0.05, 0) is 54.4 Å². The van der Waals surface area contributed by atoms with E-state index in [0.717, 1.165) is 43.5 Å². The number of rotatable bonds is 3. The Morgan fingerprint density at radius 3 is 2.37 bits per heavy atom. The fourth-order valence-corrected chi connectivity index (χ4v) is 4.84. The summed E-state index contributed by atoms with van der Waals surface area (Å²) in [7, 11) is 0. The third kappa shape index (κ3) is 4.28. The molecule has 0 unspecified atom stereocenters. The first-order valence-electron chi connectivity index (χ1n) is 9.03. The smallest absolute Gasteiger partial charge is 0.416 e. The van der Waals surface area contributed by atoms with Crippen molar-refractivity contribution in [2.24, 2.45) is 10.8 Å². The van der Waals surface area contributed by atoms with E-state index in [0.29, 0.717) is 6.54 Å². The predicted octanol–water partition coefficient (Wildman–Crippen LogP) is 4.29. The van der Waals surface area contributed by atoms with Crippen molar-refractivity contribution in [2.75, 3.05) is 13.2 Å². The summed E-state index contributed by atoms with van der Waals surface area (Å²) in [5.74, 6) is -1.05. The quantitative estimate of drug-likeness (QED) is 0.732. The minimum absolute atomic E-state index is 0.0101. The van der Waals surface area contributed by atoms with Gasteiger partial charge < -0.3 is 9.64 Å². The second-order valence-electron chi connectivity index (χ2n) is 8.89. The third-order valence-electron chi connectivity index (χ3n) is 5.51. The summed E-state index contributed by atoms with van der Waals surface area (Å²) in [6, 6.07) is 3.91. The molecule has 4 nitrogen and oxygen atoms in total. The van der Waals surface area contributed by atoms with Crippen LogP contribution in [0.4, 0.5) is 13.2 Å². The first kappa shape index (κ1) is 19.7. The molecule has 0 N–H and O–H groups in total. The molecule has 1 saturated carbocycles. The maximum absolute atomic E-state index is 12.6. The van der Waals surface area contributed by atoms with Gasteiger partial charge in [0.2, 0.25) is 0 Å². The number of esters is 1. The van der Waals surface area contributed by atoms with Gasteiger partial charge in [-0.1, -0.05) is 20.8 Å². The highest BCUT2D eigenvalue weighted by Gasteiger charge is 2.50. The molecular formula is C20H24F3NO3. The number of ether oxygens (including phenoxy) is 1. The van der Waals surface area contributed by atoms with Crippen molar-refractivity contribution in [3.63, 3.8) is 0 Å². The highest BCUT2D eigenvalue weighted by Crippen LogP contribution is 2.52. The van der Waals surface area contributed by atoms with Crippen molar-refractivity contribution in [3.8, 4) is 0 Å². The number of fused-ring (bicyclic) bond motifs is 2. The lowest BCUT2D eigenvalue weighted by atomic mass is 9.65. The Labute approximate surface area is 156 Å². The Kier molecular flexibility index (Phi) is 4.77. The molecule has 148 valence electrons. The van der Waals surface area contributed by atoms with Gasteiger partial charge in [0, 0.05) is 12.6 Å². The van der Waals surface area contributed by atoms with Crippen molar-refractivity contribution in [2.45, 2.75) is 52.3 Å². The van der Waals surface area contributed by atoms with Crippen LogP contribution >= 0.6 is 0 Å². The van der Waals surface area contributed by atoms with Gasteiger partial charge in [0.1, 0.15) is 0 Å². The number of nitrogens with zero attached hydrogens (tertiary/aromatic N) is 1. The second-order valence-corrected chi connectivity index (χ2v) is 8.89. The van der Waals surface area contributed by atoms with E-state index in [1.54, 1.807) is 4.90 Å². The van der Waals surface area contributed by atoms with Crippen molar-refractivity contribution >= 4 is 11.9 Å². The molecule has 3 rings (SSSR count). The number of likely N-dealkylation sites (tertiary alicyclic amines) is 1. The Balaban J connectivity index is 1.59. The molecule has 1 aromatic carbocycles. The molecule has 1 aliphatic heterocycles. The summed E-state index contributed by atoms with van der Waals surface area (Å²) in [4.78, 5) is 26.4. The molecule has 2 fully saturated rings. The zero-order valence-corrected chi connectivity index (χ0v) is 15.7. The standard InChI is InChI=1S/C20H24F3NO3/c1-18(2)8-15-9-19(3,11-18)12-24(15)16(25)10-27-17(26)13-4-6-14(7-5-13)20(21,22)23/h4-7,15H,8-12H2,1-3H3/t15-,19+/m1/s1. The molecule has 2 atom stereocenters. The minimum Gasteiger partial charge on any atom is -0.452 e. The van der Waals surface area contributed by atoms with Crippen LogP contribution in [0, 0.1) is 10.8 Å². The largest absolute Gasteiger partial charge is 0.452 e. The fourth-order valence-electron chi connectivity index (χ4n) is 4.84. The van der Waals surface area contributed by atoms with Crippen LogP contribution in [0.3, 0.4) is 0 Å². The number of halogens is 3. The van der Waals surface area contributed by atoms with Crippen LogP contribution in [0.15, 0.2) is 24.3 Å². The Hall–Kier alpha value is -2.05. The molecule has 0 spiro atoms. The normalized spacial score (nSPS) is 26.7. The van der Waals surface area contributed by atoms with Crippen molar-refractivity contribution in [3.05, 3.63) is 35.4 Å². The van der Waals surface area contributed by atoms with Crippen LogP contribution in [-0.2, 0) is 15.7 Å². The second kappa shape index (κ2) is 6.53. The van der Waals surface area contributed by atoms with Gasteiger partial charge in [-0.2, -0.15) is 13.2 Å². The first-order chi connectivity index (χ1) is 12.4. The van der Waals surface area contributed by atoms with E-state index in [9.17, 15) is 22.8 Å². The molecule has 1 saturated heterocycles. The molecule has 0 aromatic heterocycles. The summed E-state index contributed by atoms with van der Waals surface area (Å²) in [6.07, 6.45) is -1.54. The molecule has 27 heavy (non-hydrogen) atoms. The minimum atomic E-state index is -4.46. The SMILES string of the molecule is CC1(C)C[C@@H]2C[C@](C)(CN2C(=O)COC(=O)c2ccc(C(F)(F)F)cc2)C1. The average Bonchev–Trinajstić information content (AvgIpc) is 2.80. The highest BCUT2D eigenvalue weighted by molar-refractivity contribution is 5.91. The molecule has 1 amide bonds. The van der Waals surface area contributed by atoms with Gasteiger partial charge in [-0.15, -0.1) is 0 Å². The summed E-state index contributed by atoms with van der Waals surface area (Å²) in [5.41, 5.74) is -0.595. The summed E-state index contributed by atoms with van der Waals surface area (Å²) in [5, 5.41) is 0. The van der Waals surface area contributed by atoms with Crippen molar-refractivity contribution < 1.29 is 27.5 Å². The molecule has 0 radical (unpaired) electrons. The van der Waals surface area contributed by atoms with E-state index in [4.69, 9.17) is 4.74 Å². The fraction of sp³-hybridized carbons (Fsp3) is 0.600. The Morgan fingerprint density at radius 2 is 1.78 bits per heavy atom. The number of carbonyl (C=O) groups excluding carboxylic acids is 2. The number of carbonyl (C=O) groups is 2. The lowest BCUT2D eigenvalue weighted by molar-refractivity contribution is -0.137. The molecule has 2 aliphatic rings. The maximum atomic E-state index is 12.6. The van der Waals surface area contributed by atoms with Crippen LogP contribution in [-0.4, -0.2) is 36.0 Å². The topological polar surface area (TPSA) is 46.6 Å². The lowest BCUT2D eigenvalue weighted by Crippen LogP contribution is -2.39. The van der Waals surface area contributed by atoms with E-state index in [1.807, 2.05) is 0 Å². The predicted molar refractivity (Wildman–Crippen MR) is 93.0 cm³/mol. The van der Waals surface area contributed by atoms with E-state index in [2.05, 4.69) is 20.8 Å². The van der Waals surface area contributed by atoms with E-state index >= 15 is 0 Å². The average molecular weight is 383 g/mol. The number of benzene rings is 1. The molecule has 2 bridgehead atoms. The van der Waals surface area contributed by atoms with Crippen LogP contribution in [0.1, 0.15) is 56.0 Å². The van der Waals surface area contributed by atoms with E-state index in [1.165, 1.54) is 0 Å². The van der Waals surface area contributed by atoms with Gasteiger partial charge in [0.15, 0.2) is 6.61 Å². The maximum Gasteiger partial charge on any atom is 0.416 e. The van der Waals surface area contributed by atoms with E-state index in [-0.39, 0.29) is 28.3 Å². The number of amides is 1. The Morgan fingerprint density at radius 1 is 1.15 bits per heavy atom. The molecule has 1 aromatic rings. The summed E-state index contributed by atoms with van der Waals surface area (Å²) < 4.78 is 42.8. The van der Waals surface area contributed by atoms with Crippen molar-refractivity contribution in [1.29, 1.82) is 0 Å². The highest BCUT2D eigenvalue weighted by atomic mass is 19.4. The number of hydrogen-bond acceptors (Lipinski definition) is 3. The van der Waals surface area contributed by atoms with Crippen molar-refractivity contribution in [1.82, 2.24) is 4.90 Å². The third-order valence-corrected chi connectivity index (χ3v) is 5.51. The van der Waals surface area contributed by atoms with Crippen LogP contribution in [0.5, 0.6) is 0 Å². The number of alkyl halides is 3.